The molecular formula is C19H20N4S. The number of hydrogen-bond donors (Lipinski definition) is 1. The van der Waals surface area contributed by atoms with E-state index < -0.39 is 0 Å². The zero-order valence-corrected chi connectivity index (χ0v) is 14.7. The number of pyridine rings is 1. The second-order valence-corrected chi connectivity index (χ2v) is 6.62. The maximum atomic E-state index is 4.73. The van der Waals surface area contributed by atoms with E-state index in [1.165, 1.54) is 10.4 Å². The Balaban J connectivity index is 1.80. The minimum Gasteiger partial charge on any atom is -0.255 e. The van der Waals surface area contributed by atoms with Gasteiger partial charge >= 0.3 is 0 Å². The Kier molecular flexibility index (Phi) is 5.33. The van der Waals surface area contributed by atoms with Crippen molar-refractivity contribution in [3.8, 4) is 11.3 Å². The van der Waals surface area contributed by atoms with Gasteiger partial charge in [-0.3, -0.25) is 10.4 Å². The third-order valence-electron chi connectivity index (χ3n) is 3.54. The van der Waals surface area contributed by atoms with Gasteiger partial charge in [0.15, 0.2) is 0 Å². The van der Waals surface area contributed by atoms with E-state index in [0.29, 0.717) is 0 Å². The van der Waals surface area contributed by atoms with Crippen LogP contribution in [-0.2, 0) is 6.42 Å². The summed E-state index contributed by atoms with van der Waals surface area (Å²) in [4.78, 5) is 10.2. The quantitative estimate of drug-likeness (QED) is 0.514. The Morgan fingerprint density at radius 1 is 1.17 bits per heavy atom. The van der Waals surface area contributed by atoms with Gasteiger partial charge in [0, 0.05) is 16.6 Å². The van der Waals surface area contributed by atoms with Crippen molar-refractivity contribution in [1.29, 1.82) is 0 Å². The fourth-order valence-electron chi connectivity index (χ4n) is 2.34. The van der Waals surface area contributed by atoms with E-state index in [2.05, 4.69) is 53.6 Å². The lowest BCUT2D eigenvalue weighted by Gasteiger charge is -2.01. The van der Waals surface area contributed by atoms with Gasteiger partial charge in [-0.2, -0.15) is 5.10 Å². The lowest BCUT2D eigenvalue weighted by Crippen LogP contribution is -1.91. The molecule has 1 aromatic carbocycles. The number of rotatable bonds is 6. The largest absolute Gasteiger partial charge is 0.255 e. The van der Waals surface area contributed by atoms with Gasteiger partial charge in [0.1, 0.15) is 0 Å². The molecule has 0 saturated carbocycles. The molecule has 24 heavy (non-hydrogen) atoms. The number of aryl methyl sites for hydroxylation is 2. The van der Waals surface area contributed by atoms with Crippen LogP contribution >= 0.6 is 11.3 Å². The van der Waals surface area contributed by atoms with Gasteiger partial charge in [-0.25, -0.2) is 4.98 Å². The van der Waals surface area contributed by atoms with Gasteiger partial charge in [-0.1, -0.05) is 60.6 Å². The zero-order valence-electron chi connectivity index (χ0n) is 13.9. The molecule has 3 aromatic rings. The third kappa shape index (κ3) is 4.06. The Bertz CT molecular complexity index is 807. The van der Waals surface area contributed by atoms with Crippen molar-refractivity contribution in [2.24, 2.45) is 5.10 Å². The summed E-state index contributed by atoms with van der Waals surface area (Å²) >= 11 is 1.66. The molecule has 0 atom stereocenters. The van der Waals surface area contributed by atoms with Gasteiger partial charge < -0.3 is 0 Å². The van der Waals surface area contributed by atoms with E-state index >= 15 is 0 Å². The first-order valence-electron chi connectivity index (χ1n) is 8.03. The third-order valence-corrected chi connectivity index (χ3v) is 4.56. The van der Waals surface area contributed by atoms with Crippen molar-refractivity contribution < 1.29 is 0 Å². The number of benzene rings is 1. The van der Waals surface area contributed by atoms with E-state index in [1.807, 2.05) is 18.2 Å². The van der Waals surface area contributed by atoms with E-state index in [1.54, 1.807) is 23.7 Å². The predicted octanol–water partition coefficient (Wildman–Crippen LogP) is 4.91. The molecule has 1 N–H and O–H groups in total. The standard InChI is InChI=1S/C19H20N4S/c1-3-6-17-18(15-10-8-14(2)9-11-15)22-19(24-17)23-21-13-16-7-4-5-12-20-16/h4-5,7-13H,3,6H2,1-2H3,(H,22,23). The lowest BCUT2D eigenvalue weighted by atomic mass is 10.1. The Morgan fingerprint density at radius 2 is 2.00 bits per heavy atom. The molecule has 0 bridgehead atoms. The fraction of sp³-hybridized carbons (Fsp3) is 0.211. The minimum absolute atomic E-state index is 0.807. The number of nitrogens with one attached hydrogen (secondary N) is 1. The van der Waals surface area contributed by atoms with E-state index in [9.17, 15) is 0 Å². The summed E-state index contributed by atoms with van der Waals surface area (Å²) in [6.07, 6.45) is 5.57. The summed E-state index contributed by atoms with van der Waals surface area (Å²) in [6, 6.07) is 14.2. The molecule has 0 amide bonds. The van der Waals surface area contributed by atoms with Crippen LogP contribution < -0.4 is 5.43 Å². The van der Waals surface area contributed by atoms with Crippen LogP contribution in [0.3, 0.4) is 0 Å². The van der Waals surface area contributed by atoms with E-state index in [4.69, 9.17) is 4.98 Å². The average Bonchev–Trinajstić information content (AvgIpc) is 3.00. The van der Waals surface area contributed by atoms with Crippen molar-refractivity contribution in [1.82, 2.24) is 9.97 Å². The van der Waals surface area contributed by atoms with E-state index in [-0.39, 0.29) is 0 Å². The van der Waals surface area contributed by atoms with Crippen LogP contribution in [0.5, 0.6) is 0 Å². The highest BCUT2D eigenvalue weighted by Crippen LogP contribution is 2.32. The van der Waals surface area contributed by atoms with Crippen molar-refractivity contribution >= 4 is 22.7 Å². The highest BCUT2D eigenvalue weighted by Gasteiger charge is 2.12. The lowest BCUT2D eigenvalue weighted by molar-refractivity contribution is 0.938. The number of hydrogen-bond acceptors (Lipinski definition) is 5. The molecule has 3 rings (SSSR count). The first kappa shape index (κ1) is 16.3. The maximum Gasteiger partial charge on any atom is 0.204 e. The SMILES string of the molecule is CCCc1sc(NN=Cc2ccccn2)nc1-c1ccc(C)cc1. The van der Waals surface area contributed by atoms with Gasteiger partial charge in [0.2, 0.25) is 5.13 Å². The molecule has 122 valence electrons. The molecule has 2 aromatic heterocycles. The Labute approximate surface area is 146 Å². The molecule has 0 radical (unpaired) electrons. The molecule has 0 aliphatic carbocycles. The molecule has 0 spiro atoms. The number of anilines is 1. The summed E-state index contributed by atoms with van der Waals surface area (Å²) in [7, 11) is 0. The monoisotopic (exact) mass is 336 g/mol. The molecule has 0 aliphatic rings. The first-order chi connectivity index (χ1) is 11.8. The van der Waals surface area contributed by atoms with Crippen LogP contribution in [0.4, 0.5) is 5.13 Å². The van der Waals surface area contributed by atoms with Gasteiger partial charge in [-0.15, -0.1) is 0 Å². The van der Waals surface area contributed by atoms with Crippen LogP contribution in [-0.4, -0.2) is 16.2 Å². The van der Waals surface area contributed by atoms with Crippen molar-refractivity contribution in [3.63, 3.8) is 0 Å². The summed E-state index contributed by atoms with van der Waals surface area (Å²) in [5.74, 6) is 0. The average molecular weight is 336 g/mol. The highest BCUT2D eigenvalue weighted by molar-refractivity contribution is 7.16. The second-order valence-electron chi connectivity index (χ2n) is 5.53. The summed E-state index contributed by atoms with van der Waals surface area (Å²) in [6.45, 7) is 4.28. The molecule has 0 unspecified atom stereocenters. The normalized spacial score (nSPS) is 11.1. The van der Waals surface area contributed by atoms with Gasteiger partial charge in [0.05, 0.1) is 17.6 Å². The Hall–Kier alpha value is -2.53. The molecule has 4 nitrogen and oxygen atoms in total. The summed E-state index contributed by atoms with van der Waals surface area (Å²) in [5.41, 5.74) is 7.31. The molecular weight excluding hydrogens is 316 g/mol. The van der Waals surface area contributed by atoms with Crippen LogP contribution in [0, 0.1) is 6.92 Å². The highest BCUT2D eigenvalue weighted by atomic mass is 32.1. The summed E-state index contributed by atoms with van der Waals surface area (Å²) in [5, 5.41) is 5.05. The van der Waals surface area contributed by atoms with Crippen molar-refractivity contribution in [3.05, 3.63) is 64.8 Å². The molecule has 0 saturated heterocycles. The smallest absolute Gasteiger partial charge is 0.204 e. The number of hydrazone groups is 1. The van der Waals surface area contributed by atoms with Gasteiger partial charge in [-0.05, 0) is 25.5 Å². The topological polar surface area (TPSA) is 50.2 Å². The molecule has 5 heteroatoms. The van der Waals surface area contributed by atoms with Crippen molar-refractivity contribution in [2.45, 2.75) is 26.7 Å². The molecule has 0 aliphatic heterocycles. The van der Waals surface area contributed by atoms with Crippen LogP contribution in [0.15, 0.2) is 53.8 Å². The van der Waals surface area contributed by atoms with Crippen LogP contribution in [0.1, 0.15) is 29.5 Å². The maximum absolute atomic E-state index is 4.73. The minimum atomic E-state index is 0.807. The Morgan fingerprint density at radius 3 is 2.71 bits per heavy atom. The van der Waals surface area contributed by atoms with Gasteiger partial charge in [0.25, 0.3) is 0 Å². The number of nitrogens with zero attached hydrogens (tertiary/aromatic N) is 3. The van der Waals surface area contributed by atoms with E-state index in [0.717, 1.165) is 34.9 Å². The summed E-state index contributed by atoms with van der Waals surface area (Å²) < 4.78 is 0. The number of aromatic nitrogens is 2. The molecule has 0 fully saturated rings. The fourth-order valence-corrected chi connectivity index (χ4v) is 3.37. The predicted molar refractivity (Wildman–Crippen MR) is 102 cm³/mol. The second kappa shape index (κ2) is 7.84. The molecule has 2 heterocycles. The first-order valence-corrected chi connectivity index (χ1v) is 8.84. The zero-order chi connectivity index (χ0) is 16.8. The van der Waals surface area contributed by atoms with Crippen LogP contribution in [0.25, 0.3) is 11.3 Å². The number of thiazole rings is 1. The van der Waals surface area contributed by atoms with Crippen molar-refractivity contribution in [2.75, 3.05) is 5.43 Å². The van der Waals surface area contributed by atoms with Crippen LogP contribution in [0.2, 0.25) is 0 Å².